The van der Waals surface area contributed by atoms with Crippen LogP contribution in [0.25, 0.3) is 0 Å². The first-order valence-corrected chi connectivity index (χ1v) is 8.56. The van der Waals surface area contributed by atoms with Crippen LogP contribution in [0.4, 0.5) is 17.1 Å². The highest BCUT2D eigenvalue weighted by Crippen LogP contribution is 2.30. The molecule has 2 aromatic rings. The summed E-state index contributed by atoms with van der Waals surface area (Å²) in [6.45, 7) is 3.82. The minimum Gasteiger partial charge on any atom is -0.374 e. The summed E-state index contributed by atoms with van der Waals surface area (Å²) in [4.78, 5) is 24.0. The normalized spacial score (nSPS) is 14.5. The van der Waals surface area contributed by atoms with Gasteiger partial charge in [0.25, 0.3) is 0 Å². The van der Waals surface area contributed by atoms with Gasteiger partial charge in [-0.25, -0.2) is 0 Å². The van der Waals surface area contributed by atoms with E-state index in [-0.39, 0.29) is 23.8 Å². The topological polar surface area (TPSA) is 70.2 Å². The number of nitrogens with one attached hydrogen (secondary N) is 3. The average molecular weight is 337 g/mol. The van der Waals surface area contributed by atoms with E-state index in [0.717, 1.165) is 35.5 Å². The van der Waals surface area contributed by atoms with Crippen molar-refractivity contribution < 1.29 is 9.59 Å². The molecule has 1 fully saturated rings. The molecule has 25 heavy (non-hydrogen) atoms. The van der Waals surface area contributed by atoms with E-state index >= 15 is 0 Å². The number of benzene rings is 2. The fourth-order valence-electron chi connectivity index (χ4n) is 2.44. The predicted molar refractivity (Wildman–Crippen MR) is 101 cm³/mol. The second-order valence-electron chi connectivity index (χ2n) is 6.56. The molecule has 2 aromatic carbocycles. The third-order valence-electron chi connectivity index (χ3n) is 4.20. The Morgan fingerprint density at radius 2 is 1.40 bits per heavy atom. The smallest absolute Gasteiger partial charge is 0.246 e. The second-order valence-corrected chi connectivity index (χ2v) is 6.56. The van der Waals surface area contributed by atoms with Crippen LogP contribution in [-0.4, -0.2) is 17.9 Å². The first-order valence-electron chi connectivity index (χ1n) is 8.56. The highest BCUT2D eigenvalue weighted by Gasteiger charge is 2.29. The summed E-state index contributed by atoms with van der Waals surface area (Å²) in [7, 11) is 0. The van der Waals surface area contributed by atoms with Gasteiger partial charge in [-0.3, -0.25) is 9.59 Å². The van der Waals surface area contributed by atoms with Gasteiger partial charge in [-0.2, -0.15) is 0 Å². The van der Waals surface area contributed by atoms with E-state index in [2.05, 4.69) is 16.0 Å². The van der Waals surface area contributed by atoms with Crippen molar-refractivity contribution in [3.8, 4) is 0 Å². The van der Waals surface area contributed by atoms with E-state index in [1.54, 1.807) is 0 Å². The number of hydrogen-bond donors (Lipinski definition) is 3. The molecule has 1 aliphatic rings. The van der Waals surface area contributed by atoms with Crippen LogP contribution in [0.5, 0.6) is 0 Å². The molecule has 3 rings (SSSR count). The molecular weight excluding hydrogens is 314 g/mol. The maximum Gasteiger partial charge on any atom is 0.246 e. The van der Waals surface area contributed by atoms with Crippen LogP contribution in [0.3, 0.4) is 0 Å². The maximum atomic E-state index is 12.3. The Hall–Kier alpha value is -2.82. The van der Waals surface area contributed by atoms with Gasteiger partial charge in [-0.1, -0.05) is 17.7 Å². The van der Waals surface area contributed by atoms with Crippen LogP contribution >= 0.6 is 0 Å². The van der Waals surface area contributed by atoms with Crippen molar-refractivity contribution in [1.29, 1.82) is 0 Å². The van der Waals surface area contributed by atoms with Gasteiger partial charge in [0, 0.05) is 23.0 Å². The Bertz CT molecular complexity index is 750. The van der Waals surface area contributed by atoms with E-state index in [0.29, 0.717) is 0 Å². The molecule has 1 aliphatic carbocycles. The Morgan fingerprint density at radius 1 is 0.880 bits per heavy atom. The van der Waals surface area contributed by atoms with Crippen LogP contribution < -0.4 is 16.0 Å². The summed E-state index contributed by atoms with van der Waals surface area (Å²) in [5, 5.41) is 8.95. The van der Waals surface area contributed by atoms with Gasteiger partial charge < -0.3 is 16.0 Å². The number of rotatable bonds is 6. The first kappa shape index (κ1) is 17.0. The molecule has 0 unspecified atom stereocenters. The van der Waals surface area contributed by atoms with Gasteiger partial charge in [0.05, 0.1) is 0 Å². The number of aryl methyl sites for hydroxylation is 1. The summed E-state index contributed by atoms with van der Waals surface area (Å²) in [5.74, 6) is 0.171. The summed E-state index contributed by atoms with van der Waals surface area (Å²) >= 11 is 0. The van der Waals surface area contributed by atoms with Crippen molar-refractivity contribution >= 4 is 28.9 Å². The number of hydrogen-bond acceptors (Lipinski definition) is 3. The van der Waals surface area contributed by atoms with E-state index in [1.165, 1.54) is 0 Å². The zero-order chi connectivity index (χ0) is 17.8. The van der Waals surface area contributed by atoms with Crippen LogP contribution in [-0.2, 0) is 9.59 Å². The molecule has 130 valence electrons. The van der Waals surface area contributed by atoms with Crippen molar-refractivity contribution in [3.63, 3.8) is 0 Å². The van der Waals surface area contributed by atoms with E-state index in [9.17, 15) is 9.59 Å². The Kier molecular flexibility index (Phi) is 5.03. The quantitative estimate of drug-likeness (QED) is 0.751. The van der Waals surface area contributed by atoms with Crippen molar-refractivity contribution in [2.24, 2.45) is 5.92 Å². The molecule has 0 saturated heterocycles. The maximum absolute atomic E-state index is 12.3. The van der Waals surface area contributed by atoms with Crippen molar-refractivity contribution in [2.45, 2.75) is 32.7 Å². The lowest BCUT2D eigenvalue weighted by atomic mass is 10.2. The molecule has 5 heteroatoms. The highest BCUT2D eigenvalue weighted by molar-refractivity contribution is 5.96. The molecule has 5 nitrogen and oxygen atoms in total. The number of carbonyl (C=O) groups excluding carboxylic acids is 2. The fourth-order valence-corrected chi connectivity index (χ4v) is 2.44. The number of amides is 2. The van der Waals surface area contributed by atoms with E-state index in [4.69, 9.17) is 0 Å². The molecule has 0 bridgehead atoms. The lowest BCUT2D eigenvalue weighted by Gasteiger charge is -2.16. The van der Waals surface area contributed by atoms with Gasteiger partial charge in [0.1, 0.15) is 6.04 Å². The highest BCUT2D eigenvalue weighted by atomic mass is 16.2. The third kappa shape index (κ3) is 4.83. The van der Waals surface area contributed by atoms with Crippen molar-refractivity contribution in [1.82, 2.24) is 0 Å². The summed E-state index contributed by atoms with van der Waals surface area (Å²) in [6.07, 6.45) is 1.97. The van der Waals surface area contributed by atoms with E-state index < -0.39 is 0 Å². The predicted octanol–water partition coefficient (Wildman–Crippen LogP) is 3.78. The lowest BCUT2D eigenvalue weighted by molar-refractivity contribution is -0.117. The molecule has 0 aromatic heterocycles. The Morgan fingerprint density at radius 3 is 2.00 bits per heavy atom. The largest absolute Gasteiger partial charge is 0.374 e. The standard InChI is InChI=1S/C20H23N3O2/c1-13-3-7-17(8-4-13)22-19(24)14(2)21-16-9-11-18(12-10-16)23-20(25)15-5-6-15/h3-4,7-12,14-15,21H,5-6H2,1-2H3,(H,22,24)(H,23,25)/t14-/m1/s1. The number of carbonyl (C=O) groups is 2. The number of anilines is 3. The monoisotopic (exact) mass is 337 g/mol. The molecule has 2 amide bonds. The van der Waals surface area contributed by atoms with Crippen LogP contribution in [0.15, 0.2) is 48.5 Å². The van der Waals surface area contributed by atoms with Crippen molar-refractivity contribution in [2.75, 3.05) is 16.0 Å². The molecule has 0 aliphatic heterocycles. The summed E-state index contributed by atoms with van der Waals surface area (Å²) in [5.41, 5.74) is 3.54. The molecule has 0 radical (unpaired) electrons. The van der Waals surface area contributed by atoms with Crippen LogP contribution in [0, 0.1) is 12.8 Å². The zero-order valence-electron chi connectivity index (χ0n) is 14.5. The minimum atomic E-state index is -0.381. The molecule has 0 spiro atoms. The molecule has 3 N–H and O–H groups in total. The summed E-state index contributed by atoms with van der Waals surface area (Å²) in [6, 6.07) is 14.7. The fraction of sp³-hybridized carbons (Fsp3) is 0.300. The first-order chi connectivity index (χ1) is 12.0. The molecule has 1 atom stereocenters. The van der Waals surface area contributed by atoms with E-state index in [1.807, 2.05) is 62.4 Å². The second kappa shape index (κ2) is 7.38. The molecule has 0 heterocycles. The molecule has 1 saturated carbocycles. The zero-order valence-corrected chi connectivity index (χ0v) is 14.5. The minimum absolute atomic E-state index is 0.0894. The third-order valence-corrected chi connectivity index (χ3v) is 4.20. The Labute approximate surface area is 147 Å². The van der Waals surface area contributed by atoms with Crippen molar-refractivity contribution in [3.05, 3.63) is 54.1 Å². The van der Waals surface area contributed by atoms with Gasteiger partial charge in [-0.05, 0) is 63.1 Å². The van der Waals surface area contributed by atoms with Crippen LogP contribution in [0.2, 0.25) is 0 Å². The van der Waals surface area contributed by atoms with Gasteiger partial charge in [-0.15, -0.1) is 0 Å². The lowest BCUT2D eigenvalue weighted by Crippen LogP contribution is -2.31. The summed E-state index contributed by atoms with van der Waals surface area (Å²) < 4.78 is 0. The van der Waals surface area contributed by atoms with Gasteiger partial charge >= 0.3 is 0 Å². The van der Waals surface area contributed by atoms with Gasteiger partial charge in [0.2, 0.25) is 11.8 Å². The molecular formula is C20H23N3O2. The SMILES string of the molecule is Cc1ccc(NC(=O)[C@@H](C)Nc2ccc(NC(=O)C3CC3)cc2)cc1. The average Bonchev–Trinajstić information content (AvgIpc) is 3.43. The van der Waals surface area contributed by atoms with Gasteiger partial charge in [0.15, 0.2) is 0 Å². The van der Waals surface area contributed by atoms with Crippen LogP contribution in [0.1, 0.15) is 25.3 Å². The Balaban J connectivity index is 1.52.